The molecule has 1 aromatic carbocycles. The second-order valence-corrected chi connectivity index (χ2v) is 6.03. The summed E-state index contributed by atoms with van der Waals surface area (Å²) in [5, 5.41) is 7.40. The Kier molecular flexibility index (Phi) is 4.59. The molecule has 24 heavy (non-hydrogen) atoms. The first-order chi connectivity index (χ1) is 11.5. The molecule has 0 radical (unpaired) electrons. The van der Waals surface area contributed by atoms with Crippen LogP contribution in [-0.4, -0.2) is 15.7 Å². The van der Waals surface area contributed by atoms with E-state index in [-0.39, 0.29) is 22.6 Å². The lowest BCUT2D eigenvalue weighted by atomic mass is 10.2. The number of nitrogens with zero attached hydrogens (tertiary/aromatic N) is 2. The minimum Gasteiger partial charge on any atom is -0.459 e. The number of nitrogens with one attached hydrogen (secondary N) is 1. The Balaban J connectivity index is 1.72. The molecule has 0 spiro atoms. The number of furan rings is 1. The fraction of sp³-hybridized carbons (Fsp3) is 0.188. The van der Waals surface area contributed by atoms with Gasteiger partial charge in [0.25, 0.3) is 5.56 Å². The quantitative estimate of drug-likeness (QED) is 0.770. The van der Waals surface area contributed by atoms with E-state index in [2.05, 4.69) is 10.4 Å². The zero-order valence-electron chi connectivity index (χ0n) is 12.6. The normalized spacial score (nSPS) is 12.3. The molecular formula is C16H13Cl2N3O3. The summed E-state index contributed by atoms with van der Waals surface area (Å²) >= 11 is 11.5. The van der Waals surface area contributed by atoms with E-state index in [1.807, 2.05) is 30.3 Å². The van der Waals surface area contributed by atoms with Gasteiger partial charge in [-0.1, -0.05) is 41.4 Å². The third kappa shape index (κ3) is 3.29. The number of carbonyl (C=O) groups is 1. The first-order valence-electron chi connectivity index (χ1n) is 7.14. The molecule has 1 amide bonds. The average molecular weight is 366 g/mol. The van der Waals surface area contributed by atoms with Gasteiger partial charge in [-0.25, -0.2) is 4.68 Å². The molecule has 0 saturated carbocycles. The summed E-state index contributed by atoms with van der Waals surface area (Å²) in [6.07, 6.45) is 1.22. The Morgan fingerprint density at radius 1 is 1.38 bits per heavy atom. The van der Waals surface area contributed by atoms with Crippen LogP contribution in [0.1, 0.15) is 18.7 Å². The standard InChI is InChI=1S/C16H13Cl2N3O3/c1-9(13-6-10-4-2-3-5-12(10)24-13)20-14(22)8-21-16(23)15(18)11(17)7-19-21/h2-7,9H,8H2,1H3,(H,20,22)/t9-/m1/s1. The third-order valence-electron chi connectivity index (χ3n) is 3.48. The number of hydrogen-bond donors (Lipinski definition) is 1. The molecule has 124 valence electrons. The molecule has 0 aliphatic heterocycles. The van der Waals surface area contributed by atoms with E-state index in [1.54, 1.807) is 6.92 Å². The van der Waals surface area contributed by atoms with Gasteiger partial charge in [0.15, 0.2) is 0 Å². The van der Waals surface area contributed by atoms with Crippen LogP contribution in [0.4, 0.5) is 0 Å². The minimum absolute atomic E-state index is 0.0500. The number of para-hydroxylation sites is 1. The molecule has 0 aliphatic carbocycles. The maximum Gasteiger partial charge on any atom is 0.287 e. The van der Waals surface area contributed by atoms with Crippen LogP contribution >= 0.6 is 23.2 Å². The zero-order chi connectivity index (χ0) is 17.3. The van der Waals surface area contributed by atoms with E-state index >= 15 is 0 Å². The molecular weight excluding hydrogens is 353 g/mol. The number of benzene rings is 1. The van der Waals surface area contributed by atoms with E-state index in [9.17, 15) is 9.59 Å². The molecule has 3 aromatic rings. The van der Waals surface area contributed by atoms with Crippen molar-refractivity contribution in [2.75, 3.05) is 0 Å². The number of hydrogen-bond acceptors (Lipinski definition) is 4. The average Bonchev–Trinajstić information content (AvgIpc) is 2.99. The first kappa shape index (κ1) is 16.5. The molecule has 3 rings (SSSR count). The topological polar surface area (TPSA) is 77.1 Å². The SMILES string of the molecule is C[C@@H](NC(=O)Cn1ncc(Cl)c(Cl)c1=O)c1cc2ccccc2o1. The molecule has 6 nitrogen and oxygen atoms in total. The van der Waals surface area contributed by atoms with E-state index in [0.717, 1.165) is 15.7 Å². The summed E-state index contributed by atoms with van der Waals surface area (Å²) in [6.45, 7) is 1.53. The van der Waals surface area contributed by atoms with Crippen molar-refractivity contribution in [1.82, 2.24) is 15.1 Å². The second-order valence-electron chi connectivity index (χ2n) is 5.25. The fourth-order valence-corrected chi connectivity index (χ4v) is 2.54. The first-order valence-corrected chi connectivity index (χ1v) is 7.90. The highest BCUT2D eigenvalue weighted by Gasteiger charge is 2.16. The van der Waals surface area contributed by atoms with Crippen molar-refractivity contribution in [2.45, 2.75) is 19.5 Å². The Morgan fingerprint density at radius 2 is 2.12 bits per heavy atom. The van der Waals surface area contributed by atoms with Gasteiger partial charge in [0.1, 0.15) is 22.9 Å². The number of rotatable bonds is 4. The van der Waals surface area contributed by atoms with Gasteiger partial charge < -0.3 is 9.73 Å². The lowest BCUT2D eigenvalue weighted by Gasteiger charge is -2.12. The number of carbonyl (C=O) groups excluding carboxylic acids is 1. The van der Waals surface area contributed by atoms with Crippen LogP contribution in [-0.2, 0) is 11.3 Å². The van der Waals surface area contributed by atoms with E-state index in [1.165, 1.54) is 6.20 Å². The molecule has 2 aromatic heterocycles. The summed E-state index contributed by atoms with van der Waals surface area (Å²) in [5.74, 6) is 0.231. The monoisotopic (exact) mass is 365 g/mol. The Labute approximate surface area is 147 Å². The Bertz CT molecular complexity index is 932. The molecule has 0 fully saturated rings. The van der Waals surface area contributed by atoms with Crippen molar-refractivity contribution < 1.29 is 9.21 Å². The fourth-order valence-electron chi connectivity index (χ4n) is 2.27. The van der Waals surface area contributed by atoms with Crippen LogP contribution in [0.5, 0.6) is 0 Å². The van der Waals surface area contributed by atoms with Crippen LogP contribution in [0, 0.1) is 0 Å². The van der Waals surface area contributed by atoms with Gasteiger partial charge in [0, 0.05) is 5.39 Å². The summed E-state index contributed by atoms with van der Waals surface area (Å²) in [7, 11) is 0. The highest BCUT2D eigenvalue weighted by molar-refractivity contribution is 6.41. The van der Waals surface area contributed by atoms with E-state index in [0.29, 0.717) is 5.76 Å². The van der Waals surface area contributed by atoms with Crippen LogP contribution in [0.15, 0.2) is 45.7 Å². The number of fused-ring (bicyclic) bond motifs is 1. The molecule has 1 N–H and O–H groups in total. The van der Waals surface area contributed by atoms with Crippen molar-refractivity contribution in [3.63, 3.8) is 0 Å². The van der Waals surface area contributed by atoms with Crippen LogP contribution in [0.2, 0.25) is 10.0 Å². The van der Waals surface area contributed by atoms with Gasteiger partial charge in [-0.05, 0) is 19.1 Å². The van der Waals surface area contributed by atoms with Crippen LogP contribution in [0.25, 0.3) is 11.0 Å². The lowest BCUT2D eigenvalue weighted by molar-refractivity contribution is -0.122. The number of amides is 1. The number of halogens is 2. The van der Waals surface area contributed by atoms with Gasteiger partial charge in [0.2, 0.25) is 5.91 Å². The summed E-state index contributed by atoms with van der Waals surface area (Å²) in [6, 6.07) is 9.07. The summed E-state index contributed by atoms with van der Waals surface area (Å²) in [4.78, 5) is 24.0. The predicted octanol–water partition coefficient (Wildman–Crippen LogP) is 3.17. The lowest BCUT2D eigenvalue weighted by Crippen LogP contribution is -2.35. The van der Waals surface area contributed by atoms with Gasteiger partial charge in [-0.3, -0.25) is 9.59 Å². The van der Waals surface area contributed by atoms with Crippen molar-refractivity contribution >= 4 is 40.1 Å². The van der Waals surface area contributed by atoms with Crippen molar-refractivity contribution in [2.24, 2.45) is 0 Å². The molecule has 2 heterocycles. The van der Waals surface area contributed by atoms with Gasteiger partial charge >= 0.3 is 0 Å². The largest absolute Gasteiger partial charge is 0.459 e. The molecule has 8 heteroatoms. The highest BCUT2D eigenvalue weighted by atomic mass is 35.5. The molecule has 0 saturated heterocycles. The third-order valence-corrected chi connectivity index (χ3v) is 4.23. The minimum atomic E-state index is -0.615. The maximum atomic E-state index is 12.1. The smallest absolute Gasteiger partial charge is 0.287 e. The van der Waals surface area contributed by atoms with E-state index in [4.69, 9.17) is 27.6 Å². The molecule has 0 unspecified atom stereocenters. The molecule has 0 bridgehead atoms. The van der Waals surface area contributed by atoms with Gasteiger partial charge in [-0.2, -0.15) is 5.10 Å². The molecule has 1 atom stereocenters. The van der Waals surface area contributed by atoms with E-state index < -0.39 is 11.5 Å². The van der Waals surface area contributed by atoms with Gasteiger partial charge in [-0.15, -0.1) is 0 Å². The van der Waals surface area contributed by atoms with Crippen molar-refractivity contribution in [3.05, 3.63) is 62.7 Å². The summed E-state index contributed by atoms with van der Waals surface area (Å²) in [5.41, 5.74) is 0.131. The van der Waals surface area contributed by atoms with Crippen molar-refractivity contribution in [1.29, 1.82) is 0 Å². The highest BCUT2D eigenvalue weighted by Crippen LogP contribution is 2.23. The predicted molar refractivity (Wildman–Crippen MR) is 91.3 cm³/mol. The Morgan fingerprint density at radius 3 is 2.88 bits per heavy atom. The van der Waals surface area contributed by atoms with Crippen molar-refractivity contribution in [3.8, 4) is 0 Å². The van der Waals surface area contributed by atoms with Gasteiger partial charge in [0.05, 0.1) is 17.3 Å². The zero-order valence-corrected chi connectivity index (χ0v) is 14.1. The maximum absolute atomic E-state index is 12.1. The van der Waals surface area contributed by atoms with Crippen LogP contribution in [0.3, 0.4) is 0 Å². The second kappa shape index (κ2) is 6.67. The molecule has 0 aliphatic rings. The summed E-state index contributed by atoms with van der Waals surface area (Å²) < 4.78 is 6.66. The Hall–Kier alpha value is -2.31. The van der Waals surface area contributed by atoms with Crippen LogP contribution < -0.4 is 10.9 Å². The number of aromatic nitrogens is 2.